The molecule has 4 heteroatoms. The monoisotopic (exact) mass is 271 g/mol. The third-order valence-electron chi connectivity index (χ3n) is 3.63. The molecular formula is C14H22ClNO2. The maximum Gasteiger partial charge on any atom is 0.222 e. The first-order valence-corrected chi connectivity index (χ1v) is 6.77. The van der Waals surface area contributed by atoms with Crippen molar-refractivity contribution in [1.29, 1.82) is 0 Å². The van der Waals surface area contributed by atoms with Gasteiger partial charge in [0.05, 0.1) is 10.9 Å². The summed E-state index contributed by atoms with van der Waals surface area (Å²) in [6.45, 7) is 5.97. The third-order valence-corrected chi connectivity index (χ3v) is 4.14. The number of hydrogen-bond donors (Lipinski definition) is 0. The molecule has 0 N–H and O–H groups in total. The molecule has 0 aliphatic heterocycles. The molecule has 0 heterocycles. The fourth-order valence-corrected chi connectivity index (χ4v) is 3.22. The van der Waals surface area contributed by atoms with Crippen LogP contribution < -0.4 is 0 Å². The van der Waals surface area contributed by atoms with Gasteiger partial charge in [0.15, 0.2) is 0 Å². The second-order valence-corrected chi connectivity index (χ2v) is 4.94. The van der Waals surface area contributed by atoms with E-state index in [0.29, 0.717) is 0 Å². The lowest BCUT2D eigenvalue weighted by molar-refractivity contribution is -0.140. The highest BCUT2D eigenvalue weighted by Gasteiger charge is 2.45. The summed E-state index contributed by atoms with van der Waals surface area (Å²) in [6.07, 6.45) is 7.61. The van der Waals surface area contributed by atoms with E-state index < -0.39 is 5.54 Å². The molecule has 2 unspecified atom stereocenters. The predicted molar refractivity (Wildman–Crippen MR) is 74.6 cm³/mol. The number of hydrogen-bond acceptors (Lipinski definition) is 2. The molecule has 2 atom stereocenters. The van der Waals surface area contributed by atoms with Gasteiger partial charge in [-0.15, -0.1) is 11.6 Å². The number of allylic oxidation sites excluding steroid dienone is 2. The summed E-state index contributed by atoms with van der Waals surface area (Å²) in [4.78, 5) is 13.7. The zero-order chi connectivity index (χ0) is 13.8. The van der Waals surface area contributed by atoms with E-state index in [1.54, 1.807) is 18.9 Å². The number of carbonyl (C=O) groups is 1. The number of halogens is 1. The van der Waals surface area contributed by atoms with Gasteiger partial charge in [-0.25, -0.2) is 0 Å². The Morgan fingerprint density at radius 3 is 2.67 bits per heavy atom. The average Bonchev–Trinajstić information content (AvgIpc) is 2.36. The molecule has 0 saturated carbocycles. The molecule has 0 aromatic rings. The van der Waals surface area contributed by atoms with E-state index in [1.165, 1.54) is 5.57 Å². The SMILES string of the molecule is CCC1=CC=CC(Cl)C1(CC)N(COC)C(C)=O. The molecule has 18 heavy (non-hydrogen) atoms. The van der Waals surface area contributed by atoms with Crippen LogP contribution in [0.25, 0.3) is 0 Å². The maximum absolute atomic E-state index is 11.9. The van der Waals surface area contributed by atoms with Crippen LogP contribution in [0.1, 0.15) is 33.6 Å². The van der Waals surface area contributed by atoms with Crippen LogP contribution in [0.2, 0.25) is 0 Å². The molecule has 1 aliphatic carbocycles. The minimum atomic E-state index is -0.465. The number of nitrogens with zero attached hydrogens (tertiary/aromatic N) is 1. The third kappa shape index (κ3) is 2.47. The van der Waals surface area contributed by atoms with E-state index in [1.807, 2.05) is 12.2 Å². The van der Waals surface area contributed by atoms with Crippen molar-refractivity contribution in [2.75, 3.05) is 13.8 Å². The summed E-state index contributed by atoms with van der Waals surface area (Å²) in [7, 11) is 1.59. The zero-order valence-electron chi connectivity index (χ0n) is 11.6. The molecule has 0 spiro atoms. The predicted octanol–water partition coefficient (Wildman–Crippen LogP) is 3.10. The van der Waals surface area contributed by atoms with Crippen LogP contribution in [-0.4, -0.2) is 35.6 Å². The Morgan fingerprint density at radius 1 is 1.56 bits per heavy atom. The highest BCUT2D eigenvalue weighted by Crippen LogP contribution is 2.40. The van der Waals surface area contributed by atoms with Gasteiger partial charge in [0.1, 0.15) is 6.73 Å². The van der Waals surface area contributed by atoms with Crippen molar-refractivity contribution in [2.24, 2.45) is 0 Å². The average molecular weight is 272 g/mol. The summed E-state index contributed by atoms with van der Waals surface area (Å²) in [6, 6.07) is 0. The molecule has 1 rings (SSSR count). The first kappa shape index (κ1) is 15.3. The van der Waals surface area contributed by atoms with E-state index >= 15 is 0 Å². The van der Waals surface area contributed by atoms with Gasteiger partial charge in [-0.1, -0.05) is 32.1 Å². The maximum atomic E-state index is 11.9. The number of rotatable bonds is 5. The molecule has 0 saturated heterocycles. The molecule has 1 amide bonds. The lowest BCUT2D eigenvalue weighted by Gasteiger charge is -2.47. The fraction of sp³-hybridized carbons (Fsp3) is 0.643. The highest BCUT2D eigenvalue weighted by atomic mass is 35.5. The first-order valence-electron chi connectivity index (χ1n) is 6.33. The summed E-state index contributed by atoms with van der Waals surface area (Å²) >= 11 is 6.51. The van der Waals surface area contributed by atoms with Gasteiger partial charge in [-0.3, -0.25) is 4.79 Å². The second kappa shape index (κ2) is 6.39. The van der Waals surface area contributed by atoms with Gasteiger partial charge in [0, 0.05) is 14.0 Å². The second-order valence-electron chi connectivity index (χ2n) is 4.47. The summed E-state index contributed by atoms with van der Waals surface area (Å²) in [5, 5.41) is -0.221. The van der Waals surface area contributed by atoms with Crippen molar-refractivity contribution in [3.05, 3.63) is 23.8 Å². The van der Waals surface area contributed by atoms with Crippen molar-refractivity contribution in [1.82, 2.24) is 4.90 Å². The van der Waals surface area contributed by atoms with Crippen molar-refractivity contribution < 1.29 is 9.53 Å². The van der Waals surface area contributed by atoms with Crippen LogP contribution >= 0.6 is 11.6 Å². The summed E-state index contributed by atoms with van der Waals surface area (Å²) in [5.74, 6) is -0.0148. The topological polar surface area (TPSA) is 29.5 Å². The quantitative estimate of drug-likeness (QED) is 0.568. The van der Waals surface area contributed by atoms with Gasteiger partial charge in [-0.2, -0.15) is 0 Å². The Labute approximate surface area is 114 Å². The Morgan fingerprint density at radius 2 is 2.22 bits per heavy atom. The van der Waals surface area contributed by atoms with E-state index in [9.17, 15) is 4.79 Å². The minimum Gasteiger partial charge on any atom is -0.364 e. The highest BCUT2D eigenvalue weighted by molar-refractivity contribution is 6.23. The number of alkyl halides is 1. The molecule has 0 fully saturated rings. The number of carbonyl (C=O) groups excluding carboxylic acids is 1. The van der Waals surface area contributed by atoms with Crippen molar-refractivity contribution in [3.8, 4) is 0 Å². The Bertz CT molecular complexity index is 365. The number of amides is 1. The van der Waals surface area contributed by atoms with E-state index in [4.69, 9.17) is 16.3 Å². The van der Waals surface area contributed by atoms with E-state index in [-0.39, 0.29) is 18.0 Å². The lowest BCUT2D eigenvalue weighted by Crippen LogP contribution is -2.58. The summed E-state index contributed by atoms with van der Waals surface area (Å²) in [5.41, 5.74) is 0.715. The van der Waals surface area contributed by atoms with E-state index in [0.717, 1.165) is 12.8 Å². The molecular weight excluding hydrogens is 250 g/mol. The van der Waals surface area contributed by atoms with Gasteiger partial charge >= 0.3 is 0 Å². The van der Waals surface area contributed by atoms with Gasteiger partial charge in [0.25, 0.3) is 0 Å². The van der Waals surface area contributed by atoms with Crippen molar-refractivity contribution in [3.63, 3.8) is 0 Å². The van der Waals surface area contributed by atoms with Crippen LogP contribution in [0.4, 0.5) is 0 Å². The Balaban J connectivity index is 3.26. The van der Waals surface area contributed by atoms with E-state index in [2.05, 4.69) is 19.9 Å². The van der Waals surface area contributed by atoms with Crippen LogP contribution in [0.15, 0.2) is 23.8 Å². The number of ether oxygens (including phenoxy) is 1. The van der Waals surface area contributed by atoms with Crippen molar-refractivity contribution >= 4 is 17.5 Å². The molecule has 3 nitrogen and oxygen atoms in total. The molecule has 0 aromatic heterocycles. The molecule has 102 valence electrons. The van der Waals surface area contributed by atoms with Gasteiger partial charge in [0.2, 0.25) is 5.91 Å². The van der Waals surface area contributed by atoms with Gasteiger partial charge < -0.3 is 9.64 Å². The molecule has 1 aliphatic rings. The molecule has 0 radical (unpaired) electrons. The Kier molecular flexibility index (Phi) is 5.42. The lowest BCUT2D eigenvalue weighted by atomic mass is 9.77. The van der Waals surface area contributed by atoms with Crippen LogP contribution in [-0.2, 0) is 9.53 Å². The minimum absolute atomic E-state index is 0.0148. The Hall–Kier alpha value is -0.800. The molecule has 0 aromatic carbocycles. The van der Waals surface area contributed by atoms with Crippen LogP contribution in [0, 0.1) is 0 Å². The zero-order valence-corrected chi connectivity index (χ0v) is 12.3. The van der Waals surface area contributed by atoms with Crippen LogP contribution in [0.3, 0.4) is 0 Å². The largest absolute Gasteiger partial charge is 0.364 e. The van der Waals surface area contributed by atoms with Crippen LogP contribution in [0.5, 0.6) is 0 Å². The van der Waals surface area contributed by atoms with Crippen molar-refractivity contribution in [2.45, 2.75) is 44.5 Å². The first-order chi connectivity index (χ1) is 8.54. The molecule has 0 bridgehead atoms. The number of methoxy groups -OCH3 is 1. The normalized spacial score (nSPS) is 26.9. The standard InChI is InChI=1S/C14H22ClNO2/c1-5-12-8-7-9-13(15)14(12,6-2)16(10-18-4)11(3)17/h7-9,13H,5-6,10H2,1-4H3. The van der Waals surface area contributed by atoms with Gasteiger partial charge in [-0.05, 0) is 18.4 Å². The summed E-state index contributed by atoms with van der Waals surface area (Å²) < 4.78 is 5.18. The smallest absolute Gasteiger partial charge is 0.222 e. The fourth-order valence-electron chi connectivity index (χ4n) is 2.73.